The minimum Gasteiger partial charge on any atom is -0.377 e. The van der Waals surface area contributed by atoms with Gasteiger partial charge < -0.3 is 9.64 Å². The van der Waals surface area contributed by atoms with Crippen LogP contribution in [0, 0.1) is 11.8 Å². The molecular weight excluding hydrogens is 186 g/mol. The first-order valence-corrected chi connectivity index (χ1v) is 6.42. The van der Waals surface area contributed by atoms with Crippen molar-refractivity contribution in [1.82, 2.24) is 4.90 Å². The van der Waals surface area contributed by atoms with Gasteiger partial charge in [-0.05, 0) is 32.1 Å². The quantitative estimate of drug-likeness (QED) is 0.645. The van der Waals surface area contributed by atoms with Crippen molar-refractivity contribution in [1.29, 1.82) is 0 Å². The van der Waals surface area contributed by atoms with Crippen LogP contribution in [0.1, 0.15) is 40.5 Å². The molecule has 1 heterocycles. The molecule has 0 N–H and O–H groups in total. The molecule has 15 heavy (non-hydrogen) atoms. The molecule has 90 valence electrons. The van der Waals surface area contributed by atoms with E-state index in [0.717, 1.165) is 25.0 Å². The molecule has 0 aromatic carbocycles. The Kier molecular flexibility index (Phi) is 5.62. The maximum absolute atomic E-state index is 5.54. The van der Waals surface area contributed by atoms with Gasteiger partial charge in [0.05, 0.1) is 12.7 Å². The van der Waals surface area contributed by atoms with Gasteiger partial charge >= 0.3 is 0 Å². The summed E-state index contributed by atoms with van der Waals surface area (Å²) in [6.07, 6.45) is 3.18. The van der Waals surface area contributed by atoms with Crippen LogP contribution in [0.15, 0.2) is 0 Å². The van der Waals surface area contributed by atoms with Crippen LogP contribution in [-0.4, -0.2) is 37.2 Å². The van der Waals surface area contributed by atoms with Gasteiger partial charge in [-0.25, -0.2) is 0 Å². The Morgan fingerprint density at radius 1 is 1.20 bits per heavy atom. The molecule has 0 spiro atoms. The fourth-order valence-electron chi connectivity index (χ4n) is 2.03. The maximum atomic E-state index is 5.54. The van der Waals surface area contributed by atoms with Gasteiger partial charge in [-0.2, -0.15) is 0 Å². The number of nitrogens with zero attached hydrogens (tertiary/aromatic N) is 1. The van der Waals surface area contributed by atoms with Crippen LogP contribution in [0.5, 0.6) is 0 Å². The van der Waals surface area contributed by atoms with E-state index in [9.17, 15) is 0 Å². The average Bonchev–Trinajstić information content (AvgIpc) is 2.06. The highest BCUT2D eigenvalue weighted by atomic mass is 16.5. The van der Waals surface area contributed by atoms with Gasteiger partial charge in [0.1, 0.15) is 0 Å². The molecule has 0 aliphatic carbocycles. The summed E-state index contributed by atoms with van der Waals surface area (Å²) in [6, 6.07) is 0. The van der Waals surface area contributed by atoms with Crippen molar-refractivity contribution in [2.24, 2.45) is 11.8 Å². The van der Waals surface area contributed by atoms with E-state index in [2.05, 4.69) is 32.6 Å². The zero-order valence-corrected chi connectivity index (χ0v) is 10.8. The molecule has 2 nitrogen and oxygen atoms in total. The van der Waals surface area contributed by atoms with E-state index in [-0.39, 0.29) is 0 Å². The first kappa shape index (κ1) is 13.0. The zero-order chi connectivity index (χ0) is 11.3. The summed E-state index contributed by atoms with van der Waals surface area (Å²) in [4.78, 5) is 2.51. The van der Waals surface area contributed by atoms with Gasteiger partial charge in [-0.1, -0.05) is 20.3 Å². The molecular formula is C13H27NO. The molecule has 0 atom stereocenters. The van der Waals surface area contributed by atoms with E-state index >= 15 is 0 Å². The Hall–Kier alpha value is -0.0800. The fraction of sp³-hybridized carbons (Fsp3) is 1.00. The highest BCUT2D eigenvalue weighted by Crippen LogP contribution is 2.22. The minimum absolute atomic E-state index is 0.378. The molecule has 1 aliphatic rings. The molecule has 0 aromatic rings. The maximum Gasteiger partial charge on any atom is 0.0596 e. The Morgan fingerprint density at radius 3 is 2.40 bits per heavy atom. The summed E-state index contributed by atoms with van der Waals surface area (Å²) < 4.78 is 5.54. The summed E-state index contributed by atoms with van der Waals surface area (Å²) in [7, 11) is 0. The van der Waals surface area contributed by atoms with Crippen LogP contribution >= 0.6 is 0 Å². The second-order valence-electron chi connectivity index (χ2n) is 5.52. The number of hydrogen-bond donors (Lipinski definition) is 0. The molecule has 0 radical (unpaired) electrons. The van der Waals surface area contributed by atoms with E-state index in [1.165, 1.54) is 25.9 Å². The van der Waals surface area contributed by atoms with Crippen molar-refractivity contribution in [3.63, 3.8) is 0 Å². The van der Waals surface area contributed by atoms with E-state index in [1.54, 1.807) is 0 Å². The van der Waals surface area contributed by atoms with E-state index in [4.69, 9.17) is 4.74 Å². The van der Waals surface area contributed by atoms with E-state index in [1.807, 2.05) is 0 Å². The summed E-state index contributed by atoms with van der Waals surface area (Å²) in [5, 5.41) is 0. The van der Waals surface area contributed by atoms with Crippen LogP contribution in [0.4, 0.5) is 0 Å². The number of rotatable bonds is 7. The normalized spacial score (nSPS) is 18.8. The Morgan fingerprint density at radius 2 is 1.87 bits per heavy atom. The lowest BCUT2D eigenvalue weighted by molar-refractivity contribution is 0.0217. The van der Waals surface area contributed by atoms with Crippen molar-refractivity contribution in [2.45, 2.75) is 46.6 Å². The molecule has 0 aromatic heterocycles. The van der Waals surface area contributed by atoms with Crippen LogP contribution in [0.25, 0.3) is 0 Å². The summed E-state index contributed by atoms with van der Waals surface area (Å²) in [5.41, 5.74) is 0. The number of likely N-dealkylation sites (tertiary alicyclic amines) is 1. The second-order valence-corrected chi connectivity index (χ2v) is 5.52. The molecule has 0 bridgehead atoms. The second kappa shape index (κ2) is 6.49. The van der Waals surface area contributed by atoms with Crippen molar-refractivity contribution >= 4 is 0 Å². The molecule has 0 amide bonds. The number of hydrogen-bond acceptors (Lipinski definition) is 2. The molecule has 0 saturated carbocycles. The molecule has 2 heteroatoms. The Bertz CT molecular complexity index is 162. The third kappa shape index (κ3) is 5.53. The van der Waals surface area contributed by atoms with Gasteiger partial charge in [0.15, 0.2) is 0 Å². The van der Waals surface area contributed by atoms with Crippen molar-refractivity contribution < 1.29 is 4.74 Å². The molecule has 1 fully saturated rings. The predicted octanol–water partition coefficient (Wildman–Crippen LogP) is 2.78. The van der Waals surface area contributed by atoms with E-state index in [0.29, 0.717) is 6.10 Å². The topological polar surface area (TPSA) is 12.5 Å². The molecule has 1 rings (SSSR count). The zero-order valence-electron chi connectivity index (χ0n) is 10.8. The summed E-state index contributed by atoms with van der Waals surface area (Å²) in [5.74, 6) is 1.83. The van der Waals surface area contributed by atoms with Crippen molar-refractivity contribution in [2.75, 3.05) is 26.2 Å². The molecule has 1 saturated heterocycles. The van der Waals surface area contributed by atoms with Crippen LogP contribution in [0.3, 0.4) is 0 Å². The number of ether oxygens (including phenoxy) is 1. The van der Waals surface area contributed by atoms with Crippen molar-refractivity contribution in [3.05, 3.63) is 0 Å². The lowest BCUT2D eigenvalue weighted by Crippen LogP contribution is -2.48. The van der Waals surface area contributed by atoms with Gasteiger partial charge in [0.25, 0.3) is 0 Å². The lowest BCUT2D eigenvalue weighted by Gasteiger charge is -2.39. The standard InChI is InChI=1S/C13H27NO/c1-11(2)5-6-13-9-14(10-13)7-8-15-12(3)4/h11-13H,5-10H2,1-4H3. The third-order valence-corrected chi connectivity index (χ3v) is 3.04. The van der Waals surface area contributed by atoms with Crippen LogP contribution < -0.4 is 0 Å². The van der Waals surface area contributed by atoms with E-state index < -0.39 is 0 Å². The smallest absolute Gasteiger partial charge is 0.0596 e. The van der Waals surface area contributed by atoms with Gasteiger partial charge in [-0.15, -0.1) is 0 Å². The van der Waals surface area contributed by atoms with Crippen molar-refractivity contribution in [3.8, 4) is 0 Å². The molecule has 0 unspecified atom stereocenters. The lowest BCUT2D eigenvalue weighted by atomic mass is 9.91. The molecule has 1 aliphatic heterocycles. The van der Waals surface area contributed by atoms with Gasteiger partial charge in [-0.3, -0.25) is 0 Å². The largest absolute Gasteiger partial charge is 0.377 e. The fourth-order valence-corrected chi connectivity index (χ4v) is 2.03. The Labute approximate surface area is 95.0 Å². The van der Waals surface area contributed by atoms with Gasteiger partial charge in [0, 0.05) is 19.6 Å². The van der Waals surface area contributed by atoms with Gasteiger partial charge in [0.2, 0.25) is 0 Å². The summed E-state index contributed by atoms with van der Waals surface area (Å²) >= 11 is 0. The SMILES string of the molecule is CC(C)CCC1CN(CCOC(C)C)C1. The van der Waals surface area contributed by atoms with Crippen LogP contribution in [-0.2, 0) is 4.74 Å². The highest BCUT2D eigenvalue weighted by molar-refractivity contribution is 4.79. The Balaban J connectivity index is 1.91. The first-order chi connectivity index (χ1) is 7.08. The average molecular weight is 213 g/mol. The summed E-state index contributed by atoms with van der Waals surface area (Å²) in [6.45, 7) is 13.4. The van der Waals surface area contributed by atoms with Crippen LogP contribution in [0.2, 0.25) is 0 Å². The highest BCUT2D eigenvalue weighted by Gasteiger charge is 2.25. The minimum atomic E-state index is 0.378. The monoisotopic (exact) mass is 213 g/mol. The first-order valence-electron chi connectivity index (χ1n) is 6.42. The third-order valence-electron chi connectivity index (χ3n) is 3.04. The predicted molar refractivity (Wildman–Crippen MR) is 65.1 cm³/mol.